The van der Waals surface area contributed by atoms with E-state index in [0.717, 1.165) is 16.8 Å². The van der Waals surface area contributed by atoms with Crippen LogP contribution < -0.4 is 5.32 Å². The summed E-state index contributed by atoms with van der Waals surface area (Å²) >= 11 is 0. The minimum absolute atomic E-state index is 0.0160. The second kappa shape index (κ2) is 4.27. The molecular weight excluding hydrogens is 178 g/mol. The fourth-order valence-corrected chi connectivity index (χ4v) is 1.50. The first kappa shape index (κ1) is 10.8. The van der Waals surface area contributed by atoms with Crippen LogP contribution in [0.15, 0.2) is 0 Å². The molecule has 1 aromatic heterocycles. The summed E-state index contributed by atoms with van der Waals surface area (Å²) in [6.45, 7) is 3.86. The van der Waals surface area contributed by atoms with Crippen LogP contribution in [0.2, 0.25) is 0 Å². The maximum absolute atomic E-state index is 9.11. The Hall–Kier alpha value is -1.31. The summed E-state index contributed by atoms with van der Waals surface area (Å²) in [5, 5.41) is 20.9. The Morgan fingerprint density at radius 1 is 1.50 bits per heavy atom. The topological polar surface area (TPSA) is 71.8 Å². The number of nitriles is 1. The van der Waals surface area contributed by atoms with Crippen LogP contribution in [-0.2, 0) is 0 Å². The van der Waals surface area contributed by atoms with Crippen LogP contribution in [0, 0.1) is 25.2 Å². The van der Waals surface area contributed by atoms with E-state index in [4.69, 9.17) is 10.4 Å². The van der Waals surface area contributed by atoms with Crippen LogP contribution in [0.4, 0.5) is 0 Å². The van der Waals surface area contributed by atoms with Crippen LogP contribution in [0.5, 0.6) is 0 Å². The van der Waals surface area contributed by atoms with E-state index in [1.54, 1.807) is 7.05 Å². The molecule has 76 valence electrons. The minimum atomic E-state index is -0.129. The Labute approximate surface area is 83.6 Å². The maximum atomic E-state index is 9.11. The number of hydrogen-bond donors (Lipinski definition) is 3. The predicted octanol–water partition coefficient (Wildman–Crippen LogP) is 0.756. The predicted molar refractivity (Wildman–Crippen MR) is 53.9 cm³/mol. The molecule has 1 aromatic rings. The molecule has 0 aliphatic carbocycles. The van der Waals surface area contributed by atoms with Gasteiger partial charge in [0, 0.05) is 5.69 Å². The molecule has 0 saturated carbocycles. The van der Waals surface area contributed by atoms with E-state index in [0.29, 0.717) is 5.69 Å². The summed E-state index contributed by atoms with van der Waals surface area (Å²) in [7, 11) is 1.78. The van der Waals surface area contributed by atoms with Gasteiger partial charge in [0.1, 0.15) is 11.8 Å². The monoisotopic (exact) mass is 193 g/mol. The Bertz CT molecular complexity index is 358. The van der Waals surface area contributed by atoms with Gasteiger partial charge in [0.25, 0.3) is 0 Å². The first-order valence-electron chi connectivity index (χ1n) is 4.53. The van der Waals surface area contributed by atoms with Crippen molar-refractivity contribution in [2.45, 2.75) is 19.9 Å². The smallest absolute Gasteiger partial charge is 0.121 e. The van der Waals surface area contributed by atoms with Crippen LogP contribution in [-0.4, -0.2) is 23.7 Å². The van der Waals surface area contributed by atoms with Gasteiger partial charge in [-0.25, -0.2) is 0 Å². The maximum Gasteiger partial charge on any atom is 0.121 e. The third-order valence-electron chi connectivity index (χ3n) is 2.59. The van der Waals surface area contributed by atoms with Gasteiger partial charge in [-0.05, 0) is 32.0 Å². The fourth-order valence-electron chi connectivity index (χ4n) is 1.50. The van der Waals surface area contributed by atoms with Crippen molar-refractivity contribution in [3.8, 4) is 6.07 Å². The Morgan fingerprint density at radius 3 is 2.50 bits per heavy atom. The molecule has 4 heteroatoms. The summed E-state index contributed by atoms with van der Waals surface area (Å²) in [6.07, 6.45) is 0. The standard InChI is InChI=1S/C10H15N3O/c1-6-7(2)10(9(5-14)12-3)13-8(6)4-11/h9,12-14H,5H2,1-3H3/t9-/m1/s1. The zero-order valence-electron chi connectivity index (χ0n) is 8.68. The lowest BCUT2D eigenvalue weighted by molar-refractivity contribution is 0.248. The molecule has 0 saturated heterocycles. The highest BCUT2D eigenvalue weighted by Crippen LogP contribution is 2.21. The van der Waals surface area contributed by atoms with Crippen LogP contribution >= 0.6 is 0 Å². The molecule has 1 heterocycles. The molecule has 1 rings (SSSR count). The molecule has 1 atom stereocenters. The van der Waals surface area contributed by atoms with Crippen molar-refractivity contribution >= 4 is 0 Å². The highest BCUT2D eigenvalue weighted by Gasteiger charge is 2.16. The van der Waals surface area contributed by atoms with Crippen LogP contribution in [0.1, 0.15) is 28.6 Å². The van der Waals surface area contributed by atoms with Gasteiger partial charge in [0.15, 0.2) is 0 Å². The molecular formula is C10H15N3O. The van der Waals surface area contributed by atoms with Gasteiger partial charge >= 0.3 is 0 Å². The second-order valence-corrected chi connectivity index (χ2v) is 3.30. The summed E-state index contributed by atoms with van der Waals surface area (Å²) in [5.41, 5.74) is 3.46. The van der Waals surface area contributed by atoms with E-state index in [1.165, 1.54) is 0 Å². The molecule has 0 aromatic carbocycles. The quantitative estimate of drug-likeness (QED) is 0.663. The van der Waals surface area contributed by atoms with Gasteiger partial charge < -0.3 is 15.4 Å². The Balaban J connectivity index is 3.16. The lowest BCUT2D eigenvalue weighted by Crippen LogP contribution is -2.21. The second-order valence-electron chi connectivity index (χ2n) is 3.30. The van der Waals surface area contributed by atoms with E-state index in [9.17, 15) is 0 Å². The molecule has 0 amide bonds. The number of likely N-dealkylation sites (N-methyl/N-ethyl adjacent to an activating group) is 1. The molecule has 14 heavy (non-hydrogen) atoms. The van der Waals surface area contributed by atoms with E-state index in [1.807, 2.05) is 13.8 Å². The zero-order valence-corrected chi connectivity index (χ0v) is 8.68. The number of aliphatic hydroxyl groups excluding tert-OH is 1. The van der Waals surface area contributed by atoms with Crippen molar-refractivity contribution in [2.75, 3.05) is 13.7 Å². The lowest BCUT2D eigenvalue weighted by atomic mass is 10.1. The van der Waals surface area contributed by atoms with Crippen LogP contribution in [0.25, 0.3) is 0 Å². The number of aromatic amines is 1. The van der Waals surface area contributed by atoms with Crippen molar-refractivity contribution < 1.29 is 5.11 Å². The fraction of sp³-hybridized carbons (Fsp3) is 0.500. The Kier molecular flexibility index (Phi) is 3.28. The molecule has 0 aliphatic heterocycles. The van der Waals surface area contributed by atoms with Crippen molar-refractivity contribution in [3.63, 3.8) is 0 Å². The number of aromatic nitrogens is 1. The average Bonchev–Trinajstić information content (AvgIpc) is 2.48. The third kappa shape index (κ3) is 1.65. The summed E-state index contributed by atoms with van der Waals surface area (Å²) in [6, 6.07) is 1.97. The van der Waals surface area contributed by atoms with Gasteiger partial charge in [0.2, 0.25) is 0 Å². The number of aliphatic hydroxyl groups is 1. The molecule has 3 N–H and O–H groups in total. The van der Waals surface area contributed by atoms with Crippen molar-refractivity contribution in [1.29, 1.82) is 5.26 Å². The van der Waals surface area contributed by atoms with Gasteiger partial charge in [-0.1, -0.05) is 0 Å². The van der Waals surface area contributed by atoms with E-state index >= 15 is 0 Å². The number of nitrogens with zero attached hydrogens (tertiary/aromatic N) is 1. The molecule has 0 unspecified atom stereocenters. The number of rotatable bonds is 3. The summed E-state index contributed by atoms with van der Waals surface area (Å²) < 4.78 is 0. The first-order valence-corrected chi connectivity index (χ1v) is 4.53. The van der Waals surface area contributed by atoms with Crippen LogP contribution in [0.3, 0.4) is 0 Å². The molecule has 0 aliphatic rings. The van der Waals surface area contributed by atoms with E-state index < -0.39 is 0 Å². The SMILES string of the molecule is CN[C@H](CO)c1[nH]c(C#N)c(C)c1C. The number of nitrogens with one attached hydrogen (secondary N) is 2. The van der Waals surface area contributed by atoms with E-state index in [-0.39, 0.29) is 12.6 Å². The molecule has 0 bridgehead atoms. The van der Waals surface area contributed by atoms with Gasteiger partial charge in [-0.15, -0.1) is 0 Å². The molecule has 0 spiro atoms. The highest BCUT2D eigenvalue weighted by atomic mass is 16.3. The average molecular weight is 193 g/mol. The molecule has 0 radical (unpaired) electrons. The van der Waals surface area contributed by atoms with Crippen molar-refractivity contribution in [1.82, 2.24) is 10.3 Å². The number of hydrogen-bond acceptors (Lipinski definition) is 3. The van der Waals surface area contributed by atoms with Crippen molar-refractivity contribution in [2.24, 2.45) is 0 Å². The molecule has 0 fully saturated rings. The van der Waals surface area contributed by atoms with Gasteiger partial charge in [-0.3, -0.25) is 0 Å². The first-order chi connectivity index (χ1) is 6.65. The zero-order chi connectivity index (χ0) is 10.7. The molecule has 4 nitrogen and oxygen atoms in total. The van der Waals surface area contributed by atoms with Gasteiger partial charge in [-0.2, -0.15) is 5.26 Å². The largest absolute Gasteiger partial charge is 0.394 e. The minimum Gasteiger partial charge on any atom is -0.394 e. The number of H-pyrrole nitrogens is 1. The lowest BCUT2D eigenvalue weighted by Gasteiger charge is -2.12. The van der Waals surface area contributed by atoms with E-state index in [2.05, 4.69) is 16.4 Å². The third-order valence-corrected chi connectivity index (χ3v) is 2.59. The normalized spacial score (nSPS) is 12.5. The highest BCUT2D eigenvalue weighted by molar-refractivity contribution is 5.42. The van der Waals surface area contributed by atoms with Gasteiger partial charge in [0.05, 0.1) is 12.6 Å². The summed E-state index contributed by atoms with van der Waals surface area (Å²) in [4.78, 5) is 3.02. The van der Waals surface area contributed by atoms with Crippen molar-refractivity contribution in [3.05, 3.63) is 22.5 Å². The Morgan fingerprint density at radius 2 is 2.14 bits per heavy atom. The summed E-state index contributed by atoms with van der Waals surface area (Å²) in [5.74, 6) is 0.